The Morgan fingerprint density at radius 2 is 1.78 bits per heavy atom. The van der Waals surface area contributed by atoms with Crippen LogP contribution in [0.5, 0.6) is 0 Å². The summed E-state index contributed by atoms with van der Waals surface area (Å²) in [6, 6.07) is 7.22. The average Bonchev–Trinajstić information content (AvgIpc) is 2.49. The van der Waals surface area contributed by atoms with Gasteiger partial charge in [-0.05, 0) is 39.8 Å². The van der Waals surface area contributed by atoms with Crippen LogP contribution in [-0.4, -0.2) is 17.3 Å². The maximum Gasteiger partial charge on any atom is 0.240 e. The van der Waals surface area contributed by atoms with Crippen molar-refractivity contribution in [2.75, 3.05) is 0 Å². The number of isocyanates is 1. The van der Waals surface area contributed by atoms with Crippen LogP contribution in [0.1, 0.15) is 39.5 Å². The van der Waals surface area contributed by atoms with E-state index in [9.17, 15) is 4.79 Å². The Morgan fingerprint density at radius 3 is 2.33 bits per heavy atom. The van der Waals surface area contributed by atoms with E-state index in [4.69, 9.17) is 9.47 Å². The zero-order chi connectivity index (χ0) is 13.4. The first kappa shape index (κ1) is 13.0. The summed E-state index contributed by atoms with van der Waals surface area (Å²) in [6.45, 7) is 8.00. The molecule has 1 aromatic rings. The van der Waals surface area contributed by atoms with Gasteiger partial charge in [-0.15, -0.1) is 0 Å². The summed E-state index contributed by atoms with van der Waals surface area (Å²) in [5, 5.41) is 0. The van der Waals surface area contributed by atoms with Crippen molar-refractivity contribution in [3.63, 3.8) is 0 Å². The van der Waals surface area contributed by atoms with E-state index in [2.05, 4.69) is 4.99 Å². The molecule has 1 fully saturated rings. The molecule has 0 spiro atoms. The number of hydrogen-bond donors (Lipinski definition) is 0. The largest absolute Gasteiger partial charge is 0.339 e. The quantitative estimate of drug-likeness (QED) is 0.595. The second kappa shape index (κ2) is 4.32. The van der Waals surface area contributed by atoms with Crippen molar-refractivity contribution in [3.8, 4) is 0 Å². The van der Waals surface area contributed by atoms with Gasteiger partial charge in [0, 0.05) is 5.56 Å². The number of carbonyl (C=O) groups excluding carboxylic acids is 1. The minimum atomic E-state index is -0.434. The Hall–Kier alpha value is -1.48. The molecule has 0 aliphatic carbocycles. The fourth-order valence-electron chi connectivity index (χ4n) is 1.77. The lowest BCUT2D eigenvalue weighted by Gasteiger charge is -2.30. The van der Waals surface area contributed by atoms with E-state index in [1.54, 1.807) is 12.1 Å². The molecule has 0 N–H and O–H groups in total. The summed E-state index contributed by atoms with van der Waals surface area (Å²) < 4.78 is 11.8. The monoisotopic (exact) mass is 247 g/mol. The fourth-order valence-corrected chi connectivity index (χ4v) is 1.77. The highest BCUT2D eigenvalue weighted by Gasteiger charge is 2.49. The number of benzene rings is 1. The van der Waals surface area contributed by atoms with Gasteiger partial charge in [0.2, 0.25) is 6.08 Å². The van der Waals surface area contributed by atoms with E-state index in [0.29, 0.717) is 5.69 Å². The van der Waals surface area contributed by atoms with Crippen LogP contribution in [0.25, 0.3) is 0 Å². The fraction of sp³-hybridized carbons (Fsp3) is 0.500. The second-order valence-corrected chi connectivity index (χ2v) is 5.39. The van der Waals surface area contributed by atoms with Crippen molar-refractivity contribution in [2.45, 2.75) is 45.2 Å². The smallest absolute Gasteiger partial charge is 0.240 e. The molecule has 0 atom stereocenters. The van der Waals surface area contributed by atoms with Gasteiger partial charge < -0.3 is 9.47 Å². The third kappa shape index (κ3) is 2.23. The second-order valence-electron chi connectivity index (χ2n) is 5.39. The van der Waals surface area contributed by atoms with Crippen LogP contribution in [0.2, 0.25) is 0 Å². The molecule has 4 nitrogen and oxygen atoms in total. The summed E-state index contributed by atoms with van der Waals surface area (Å²) in [5.41, 5.74) is 0.658. The Morgan fingerprint density at radius 1 is 1.17 bits per heavy atom. The van der Waals surface area contributed by atoms with E-state index in [1.807, 2.05) is 39.8 Å². The number of hydrogen-bond acceptors (Lipinski definition) is 4. The molecular weight excluding hydrogens is 230 g/mol. The van der Waals surface area contributed by atoms with E-state index in [1.165, 1.54) is 6.08 Å². The highest BCUT2D eigenvalue weighted by atomic mass is 16.7. The summed E-state index contributed by atoms with van der Waals surface area (Å²) in [5.74, 6) is 0. The first-order chi connectivity index (χ1) is 8.36. The Bertz CT molecular complexity index is 486. The van der Waals surface area contributed by atoms with Crippen molar-refractivity contribution >= 4 is 11.8 Å². The van der Waals surface area contributed by atoms with Gasteiger partial charge in [0.1, 0.15) is 0 Å². The maximum atomic E-state index is 10.3. The van der Waals surface area contributed by atoms with Crippen LogP contribution in [0.3, 0.4) is 0 Å². The topological polar surface area (TPSA) is 47.9 Å². The van der Waals surface area contributed by atoms with Gasteiger partial charge in [-0.2, -0.15) is 4.99 Å². The summed E-state index contributed by atoms with van der Waals surface area (Å²) in [7, 11) is 0. The normalized spacial score (nSPS) is 21.6. The SMILES string of the molecule is CC1(C)OC(c2cccc(N=C=O)c2)OC1(C)C. The molecule has 0 bridgehead atoms. The Labute approximate surface area is 107 Å². The van der Waals surface area contributed by atoms with Crippen LogP contribution in [0, 0.1) is 0 Å². The molecule has 1 aromatic carbocycles. The standard InChI is InChI=1S/C14H17NO3/c1-13(2)14(3,4)18-12(17-13)10-6-5-7-11(8-10)15-9-16/h5-8,12H,1-4H3. The maximum absolute atomic E-state index is 10.3. The highest BCUT2D eigenvalue weighted by Crippen LogP contribution is 2.44. The molecule has 0 radical (unpaired) electrons. The first-order valence-electron chi connectivity index (χ1n) is 5.89. The van der Waals surface area contributed by atoms with Crippen LogP contribution < -0.4 is 0 Å². The van der Waals surface area contributed by atoms with Crippen LogP contribution in [0.15, 0.2) is 29.3 Å². The van der Waals surface area contributed by atoms with E-state index in [0.717, 1.165) is 5.56 Å². The van der Waals surface area contributed by atoms with Gasteiger partial charge in [-0.1, -0.05) is 12.1 Å². The third-order valence-electron chi connectivity index (χ3n) is 3.57. The van der Waals surface area contributed by atoms with Crippen LogP contribution >= 0.6 is 0 Å². The van der Waals surface area contributed by atoms with Crippen molar-refractivity contribution in [1.82, 2.24) is 0 Å². The molecule has 18 heavy (non-hydrogen) atoms. The van der Waals surface area contributed by atoms with Gasteiger partial charge in [0.25, 0.3) is 0 Å². The Kier molecular flexibility index (Phi) is 3.11. The van der Waals surface area contributed by atoms with Crippen molar-refractivity contribution in [1.29, 1.82) is 0 Å². The summed E-state index contributed by atoms with van der Waals surface area (Å²) in [6.07, 6.45) is 1.09. The lowest BCUT2D eigenvalue weighted by Crippen LogP contribution is -2.41. The van der Waals surface area contributed by atoms with Gasteiger partial charge >= 0.3 is 0 Å². The molecule has 1 saturated heterocycles. The predicted molar refractivity (Wildman–Crippen MR) is 67.3 cm³/mol. The molecule has 96 valence electrons. The zero-order valence-corrected chi connectivity index (χ0v) is 11.1. The molecule has 0 amide bonds. The van der Waals surface area contributed by atoms with Gasteiger partial charge in [0.05, 0.1) is 16.9 Å². The van der Waals surface area contributed by atoms with E-state index < -0.39 is 6.29 Å². The summed E-state index contributed by atoms with van der Waals surface area (Å²) >= 11 is 0. The van der Waals surface area contributed by atoms with Crippen LogP contribution in [0.4, 0.5) is 5.69 Å². The van der Waals surface area contributed by atoms with Crippen LogP contribution in [-0.2, 0) is 14.3 Å². The molecule has 4 heteroatoms. The number of rotatable bonds is 2. The molecule has 0 unspecified atom stereocenters. The number of nitrogens with zero attached hydrogens (tertiary/aromatic N) is 1. The van der Waals surface area contributed by atoms with Crippen molar-refractivity contribution in [2.24, 2.45) is 4.99 Å². The van der Waals surface area contributed by atoms with Gasteiger partial charge in [-0.25, -0.2) is 4.79 Å². The molecule has 1 aliphatic rings. The molecule has 0 aromatic heterocycles. The first-order valence-corrected chi connectivity index (χ1v) is 5.89. The predicted octanol–water partition coefficient (Wildman–Crippen LogP) is 3.26. The van der Waals surface area contributed by atoms with Crippen molar-refractivity contribution < 1.29 is 14.3 Å². The number of ether oxygens (including phenoxy) is 2. The molecule has 1 heterocycles. The highest BCUT2D eigenvalue weighted by molar-refractivity contribution is 5.50. The van der Waals surface area contributed by atoms with Gasteiger partial charge in [0.15, 0.2) is 6.29 Å². The molecular formula is C14H17NO3. The van der Waals surface area contributed by atoms with Crippen molar-refractivity contribution in [3.05, 3.63) is 29.8 Å². The number of aliphatic imine (C=N–C) groups is 1. The minimum Gasteiger partial charge on any atom is -0.339 e. The lowest BCUT2D eigenvalue weighted by molar-refractivity contribution is -0.0895. The molecule has 0 saturated carbocycles. The summed E-state index contributed by atoms with van der Waals surface area (Å²) in [4.78, 5) is 13.9. The molecule has 2 rings (SSSR count). The minimum absolute atomic E-state index is 0.373. The Balaban J connectivity index is 2.29. The van der Waals surface area contributed by atoms with Gasteiger partial charge in [-0.3, -0.25) is 0 Å². The van der Waals surface area contributed by atoms with E-state index in [-0.39, 0.29) is 11.2 Å². The average molecular weight is 247 g/mol. The third-order valence-corrected chi connectivity index (χ3v) is 3.57. The molecule has 1 aliphatic heterocycles. The zero-order valence-electron chi connectivity index (χ0n) is 11.1. The lowest BCUT2D eigenvalue weighted by atomic mass is 9.90. The van der Waals surface area contributed by atoms with E-state index >= 15 is 0 Å².